The van der Waals surface area contributed by atoms with Gasteiger partial charge < -0.3 is 9.30 Å². The molecule has 0 aliphatic carbocycles. The van der Waals surface area contributed by atoms with Crippen LogP contribution in [-0.4, -0.2) is 11.2 Å². The van der Waals surface area contributed by atoms with Gasteiger partial charge in [0.1, 0.15) is 5.75 Å². The van der Waals surface area contributed by atoms with Crippen molar-refractivity contribution in [1.82, 2.24) is 4.57 Å². The maximum Gasteiger partial charge on any atom is 0.250 e. The second-order valence-electron chi connectivity index (χ2n) is 4.57. The lowest BCUT2D eigenvalue weighted by atomic mass is 10.2. The lowest BCUT2D eigenvalue weighted by Crippen LogP contribution is -2.19. The topological polar surface area (TPSA) is 55.0 Å². The van der Waals surface area contributed by atoms with E-state index in [-0.39, 0.29) is 5.56 Å². The molecule has 0 amide bonds. The van der Waals surface area contributed by atoms with Gasteiger partial charge in [0.05, 0.1) is 18.2 Å². The van der Waals surface area contributed by atoms with Crippen LogP contribution in [-0.2, 0) is 6.54 Å². The molecule has 20 heavy (non-hydrogen) atoms. The fraction of sp³-hybridized carbons (Fsp3) is 0.250. The van der Waals surface area contributed by atoms with Gasteiger partial charge in [0.2, 0.25) is 0 Å². The highest BCUT2D eigenvalue weighted by Crippen LogP contribution is 2.11. The van der Waals surface area contributed by atoms with Gasteiger partial charge in [-0.2, -0.15) is 5.26 Å². The summed E-state index contributed by atoms with van der Waals surface area (Å²) in [4.78, 5) is 11.7. The highest BCUT2D eigenvalue weighted by atomic mass is 16.5. The Morgan fingerprint density at radius 1 is 1.25 bits per heavy atom. The first kappa shape index (κ1) is 13.9. The molecule has 0 N–H and O–H groups in total. The van der Waals surface area contributed by atoms with Gasteiger partial charge in [-0.25, -0.2) is 0 Å². The Kier molecular flexibility index (Phi) is 4.56. The minimum atomic E-state index is 0.0170. The van der Waals surface area contributed by atoms with Gasteiger partial charge in [-0.1, -0.05) is 0 Å². The molecule has 1 aromatic heterocycles. The third-order valence-corrected chi connectivity index (χ3v) is 2.95. The van der Waals surface area contributed by atoms with Crippen molar-refractivity contribution >= 4 is 0 Å². The van der Waals surface area contributed by atoms with Gasteiger partial charge in [-0.3, -0.25) is 4.79 Å². The van der Waals surface area contributed by atoms with Crippen molar-refractivity contribution in [3.8, 4) is 11.8 Å². The number of rotatable bonds is 5. The van der Waals surface area contributed by atoms with Crippen molar-refractivity contribution in [3.63, 3.8) is 0 Å². The van der Waals surface area contributed by atoms with Gasteiger partial charge in [0.25, 0.3) is 5.56 Å². The minimum absolute atomic E-state index is 0.0170. The van der Waals surface area contributed by atoms with E-state index in [1.165, 1.54) is 0 Å². The van der Waals surface area contributed by atoms with E-state index in [9.17, 15) is 4.79 Å². The summed E-state index contributed by atoms with van der Waals surface area (Å²) in [7, 11) is 0. The number of ether oxygens (including phenoxy) is 1. The van der Waals surface area contributed by atoms with E-state index in [4.69, 9.17) is 10.00 Å². The highest BCUT2D eigenvalue weighted by molar-refractivity contribution is 5.34. The quantitative estimate of drug-likeness (QED) is 0.783. The van der Waals surface area contributed by atoms with Crippen LogP contribution in [0.15, 0.2) is 47.4 Å². The molecule has 2 aromatic rings. The molecule has 2 rings (SSSR count). The van der Waals surface area contributed by atoms with Crippen molar-refractivity contribution in [2.45, 2.75) is 19.9 Å². The van der Waals surface area contributed by atoms with E-state index in [1.54, 1.807) is 41.1 Å². The summed E-state index contributed by atoms with van der Waals surface area (Å²) < 4.78 is 7.24. The van der Waals surface area contributed by atoms with Crippen LogP contribution in [0.2, 0.25) is 0 Å². The molecule has 102 valence electrons. The number of nitrogens with zero attached hydrogens (tertiary/aromatic N) is 2. The van der Waals surface area contributed by atoms with Crippen LogP contribution >= 0.6 is 0 Å². The van der Waals surface area contributed by atoms with Crippen LogP contribution in [0.5, 0.6) is 5.75 Å². The Labute approximate surface area is 117 Å². The fourth-order valence-electron chi connectivity index (χ4n) is 1.84. The number of nitriles is 1. The molecule has 1 aromatic carbocycles. The summed E-state index contributed by atoms with van der Waals surface area (Å²) in [6.07, 6.45) is 2.56. The van der Waals surface area contributed by atoms with Gasteiger partial charge >= 0.3 is 0 Å². The molecular weight excluding hydrogens is 252 g/mol. The summed E-state index contributed by atoms with van der Waals surface area (Å²) in [6, 6.07) is 12.6. The van der Waals surface area contributed by atoms with Crippen LogP contribution < -0.4 is 10.3 Å². The van der Waals surface area contributed by atoms with E-state index in [0.717, 1.165) is 17.7 Å². The van der Waals surface area contributed by atoms with Gasteiger partial charge in [0, 0.05) is 18.8 Å². The molecule has 0 unspecified atom stereocenters. The second kappa shape index (κ2) is 6.58. The zero-order chi connectivity index (χ0) is 14.4. The summed E-state index contributed by atoms with van der Waals surface area (Å²) in [5, 5.41) is 8.69. The van der Waals surface area contributed by atoms with Crippen LogP contribution in [0.4, 0.5) is 0 Å². The smallest absolute Gasteiger partial charge is 0.250 e. The Bertz CT molecular complexity index is 666. The Morgan fingerprint density at radius 3 is 2.65 bits per heavy atom. The van der Waals surface area contributed by atoms with Crippen molar-refractivity contribution in [3.05, 3.63) is 64.1 Å². The molecule has 0 saturated heterocycles. The molecule has 0 fully saturated rings. The first-order chi connectivity index (χ1) is 9.69. The first-order valence-electron chi connectivity index (χ1n) is 6.49. The van der Waals surface area contributed by atoms with Crippen molar-refractivity contribution < 1.29 is 4.74 Å². The Balaban J connectivity index is 1.81. The number of hydrogen-bond donors (Lipinski definition) is 0. The lowest BCUT2D eigenvalue weighted by molar-refractivity contribution is 0.301. The highest BCUT2D eigenvalue weighted by Gasteiger charge is 1.98. The van der Waals surface area contributed by atoms with E-state index >= 15 is 0 Å². The molecule has 0 atom stereocenters. The standard InChI is InChI=1S/C16H16N2O2/c1-13-7-9-18(16(19)11-13)8-2-10-20-15-5-3-14(12-17)4-6-15/h3-7,9,11H,2,8,10H2,1H3. The number of hydrogen-bond acceptors (Lipinski definition) is 3. The molecule has 0 bridgehead atoms. The number of pyridine rings is 1. The molecular formula is C16H16N2O2. The van der Waals surface area contributed by atoms with Gasteiger partial charge in [0.15, 0.2) is 0 Å². The van der Waals surface area contributed by atoms with Crippen molar-refractivity contribution in [2.24, 2.45) is 0 Å². The number of aryl methyl sites for hydroxylation is 2. The van der Waals surface area contributed by atoms with E-state index in [2.05, 4.69) is 6.07 Å². The largest absolute Gasteiger partial charge is 0.494 e. The number of benzene rings is 1. The molecule has 0 aliphatic heterocycles. The number of aromatic nitrogens is 1. The lowest BCUT2D eigenvalue weighted by Gasteiger charge is -2.08. The predicted octanol–water partition coefficient (Wildman–Crippen LogP) is 2.50. The summed E-state index contributed by atoms with van der Waals surface area (Å²) in [5.41, 5.74) is 1.60. The van der Waals surface area contributed by atoms with E-state index < -0.39 is 0 Å². The fourth-order valence-corrected chi connectivity index (χ4v) is 1.84. The third-order valence-electron chi connectivity index (χ3n) is 2.95. The van der Waals surface area contributed by atoms with Gasteiger partial charge in [-0.05, 0) is 49.2 Å². The SMILES string of the molecule is Cc1ccn(CCCOc2ccc(C#N)cc2)c(=O)c1. The van der Waals surface area contributed by atoms with Crippen molar-refractivity contribution in [1.29, 1.82) is 5.26 Å². The maximum absolute atomic E-state index is 11.7. The minimum Gasteiger partial charge on any atom is -0.494 e. The second-order valence-corrected chi connectivity index (χ2v) is 4.57. The molecule has 4 nitrogen and oxygen atoms in total. The van der Waals surface area contributed by atoms with Gasteiger partial charge in [-0.15, -0.1) is 0 Å². The molecule has 0 aliphatic rings. The van der Waals surface area contributed by atoms with Crippen molar-refractivity contribution in [2.75, 3.05) is 6.61 Å². The Hall–Kier alpha value is -2.54. The maximum atomic E-state index is 11.7. The van der Waals surface area contributed by atoms with E-state index in [0.29, 0.717) is 18.7 Å². The molecule has 1 heterocycles. The zero-order valence-electron chi connectivity index (χ0n) is 11.4. The molecule has 0 spiro atoms. The first-order valence-corrected chi connectivity index (χ1v) is 6.49. The third kappa shape index (κ3) is 3.72. The predicted molar refractivity (Wildman–Crippen MR) is 76.7 cm³/mol. The monoisotopic (exact) mass is 268 g/mol. The zero-order valence-corrected chi connectivity index (χ0v) is 11.4. The molecule has 0 radical (unpaired) electrons. The molecule has 0 saturated carbocycles. The molecule has 4 heteroatoms. The van der Waals surface area contributed by atoms with Crippen LogP contribution in [0.3, 0.4) is 0 Å². The average molecular weight is 268 g/mol. The van der Waals surface area contributed by atoms with E-state index in [1.807, 2.05) is 13.0 Å². The average Bonchev–Trinajstić information content (AvgIpc) is 2.46. The Morgan fingerprint density at radius 2 is 2.00 bits per heavy atom. The normalized spacial score (nSPS) is 10.0. The van der Waals surface area contributed by atoms with Crippen LogP contribution in [0.25, 0.3) is 0 Å². The summed E-state index contributed by atoms with van der Waals surface area (Å²) in [5.74, 6) is 0.736. The summed E-state index contributed by atoms with van der Waals surface area (Å²) in [6.45, 7) is 3.07. The van der Waals surface area contributed by atoms with Crippen LogP contribution in [0.1, 0.15) is 17.5 Å². The van der Waals surface area contributed by atoms with Crippen LogP contribution in [0, 0.1) is 18.3 Å². The summed E-state index contributed by atoms with van der Waals surface area (Å²) >= 11 is 0.